The monoisotopic (exact) mass is 426 g/mol. The zero-order valence-electron chi connectivity index (χ0n) is 15.4. The van der Waals surface area contributed by atoms with E-state index >= 15 is 0 Å². The lowest BCUT2D eigenvalue weighted by Crippen LogP contribution is -2.15. The summed E-state index contributed by atoms with van der Waals surface area (Å²) in [4.78, 5) is 17.2. The molecule has 0 radical (unpaired) electrons. The fourth-order valence-corrected chi connectivity index (χ4v) is 4.42. The molecule has 2 aromatic rings. The average Bonchev–Trinajstić information content (AvgIpc) is 3.17. The number of hydrogen-bond acceptors (Lipinski definition) is 5. The molecular formula is C19H20F2N2O3S2. The van der Waals surface area contributed by atoms with Crippen molar-refractivity contribution in [3.8, 4) is 0 Å². The Morgan fingerprint density at radius 3 is 2.32 bits per heavy atom. The standard InChI is InChI=1S/C19H20F2N2O3S2/c1-11-10-27-19(22-11)23-18(24)15(7-12-8-16(20)17(21)9-12)13-3-5-14(6-4-13)28(2,25)26/h3-7,10,12,16-17H,8-9H2,1-2H3,(H,22,23,24)/b15-7+/t12?,16-,17+. The molecular weight excluding hydrogens is 406 g/mol. The summed E-state index contributed by atoms with van der Waals surface area (Å²) in [6.45, 7) is 1.80. The van der Waals surface area contributed by atoms with Crippen LogP contribution in [0, 0.1) is 12.8 Å². The molecule has 0 aliphatic heterocycles. The number of hydrogen-bond donors (Lipinski definition) is 1. The number of allylic oxidation sites excluding steroid dienone is 1. The topological polar surface area (TPSA) is 76.1 Å². The Morgan fingerprint density at radius 1 is 1.21 bits per heavy atom. The highest BCUT2D eigenvalue weighted by Crippen LogP contribution is 2.34. The molecule has 0 spiro atoms. The smallest absolute Gasteiger partial charge is 0.257 e. The molecule has 150 valence electrons. The molecule has 9 heteroatoms. The first-order valence-electron chi connectivity index (χ1n) is 8.67. The summed E-state index contributed by atoms with van der Waals surface area (Å²) in [7, 11) is -3.38. The van der Waals surface area contributed by atoms with E-state index in [1.54, 1.807) is 18.4 Å². The van der Waals surface area contributed by atoms with Crippen LogP contribution >= 0.6 is 11.3 Å². The molecule has 1 amide bonds. The number of nitrogens with zero attached hydrogens (tertiary/aromatic N) is 1. The van der Waals surface area contributed by atoms with Crippen molar-refractivity contribution in [3.05, 3.63) is 47.0 Å². The van der Waals surface area contributed by atoms with Crippen molar-refractivity contribution in [1.29, 1.82) is 0 Å². The Bertz CT molecular complexity index is 990. The number of nitrogens with one attached hydrogen (secondary N) is 1. The van der Waals surface area contributed by atoms with Gasteiger partial charge in [-0.3, -0.25) is 10.1 Å². The SMILES string of the molecule is Cc1csc(NC(=O)/C(=C/C2C[C@@H](F)[C@@H](F)C2)c2ccc(S(C)(=O)=O)cc2)n1. The molecule has 1 unspecified atom stereocenters. The fraction of sp³-hybridized carbons (Fsp3) is 0.368. The minimum absolute atomic E-state index is 0.00965. The molecule has 28 heavy (non-hydrogen) atoms. The van der Waals surface area contributed by atoms with Gasteiger partial charge in [0.1, 0.15) is 12.3 Å². The first-order valence-corrected chi connectivity index (χ1v) is 11.4. The van der Waals surface area contributed by atoms with E-state index in [2.05, 4.69) is 10.3 Å². The summed E-state index contributed by atoms with van der Waals surface area (Å²) in [6, 6.07) is 5.85. The predicted octanol–water partition coefficient (Wildman–Crippen LogP) is 3.96. The predicted molar refractivity (Wildman–Crippen MR) is 106 cm³/mol. The summed E-state index contributed by atoms with van der Waals surface area (Å²) in [5.41, 5.74) is 1.47. The zero-order chi connectivity index (χ0) is 20.5. The van der Waals surface area contributed by atoms with Gasteiger partial charge in [-0.05, 0) is 43.4 Å². The lowest BCUT2D eigenvalue weighted by molar-refractivity contribution is -0.111. The number of benzene rings is 1. The second kappa shape index (κ2) is 8.08. The van der Waals surface area contributed by atoms with Gasteiger partial charge in [0.05, 0.1) is 10.6 Å². The molecule has 1 N–H and O–H groups in total. The third kappa shape index (κ3) is 4.82. The summed E-state index contributed by atoms with van der Waals surface area (Å²) in [6.07, 6.45) is -0.403. The molecule has 3 rings (SSSR count). The highest BCUT2D eigenvalue weighted by Gasteiger charge is 2.34. The second-order valence-corrected chi connectivity index (χ2v) is 9.76. The number of aryl methyl sites for hydroxylation is 1. The van der Waals surface area contributed by atoms with Crippen LogP contribution in [0.3, 0.4) is 0 Å². The minimum Gasteiger partial charge on any atom is -0.298 e. The Kier molecular flexibility index (Phi) is 5.95. The number of thiazole rings is 1. The van der Waals surface area contributed by atoms with E-state index in [0.29, 0.717) is 10.7 Å². The molecule has 1 aromatic carbocycles. The molecule has 1 aliphatic carbocycles. The molecule has 5 nitrogen and oxygen atoms in total. The van der Waals surface area contributed by atoms with E-state index in [1.807, 2.05) is 0 Å². The van der Waals surface area contributed by atoms with Crippen LogP contribution in [0.4, 0.5) is 13.9 Å². The van der Waals surface area contributed by atoms with Gasteiger partial charge in [0.15, 0.2) is 15.0 Å². The van der Waals surface area contributed by atoms with Crippen LogP contribution in [0.2, 0.25) is 0 Å². The first-order chi connectivity index (χ1) is 13.1. The normalized spacial score (nSPS) is 23.0. The van der Waals surface area contributed by atoms with Crippen LogP contribution in [0.15, 0.2) is 40.6 Å². The van der Waals surface area contributed by atoms with Gasteiger partial charge in [0.2, 0.25) is 0 Å². The second-order valence-electron chi connectivity index (χ2n) is 6.89. The largest absolute Gasteiger partial charge is 0.298 e. The number of halogens is 2. The van der Waals surface area contributed by atoms with E-state index in [9.17, 15) is 22.0 Å². The van der Waals surface area contributed by atoms with E-state index in [0.717, 1.165) is 11.9 Å². The van der Waals surface area contributed by atoms with E-state index in [1.165, 1.54) is 35.6 Å². The van der Waals surface area contributed by atoms with Crippen LogP contribution < -0.4 is 5.32 Å². The number of carbonyl (C=O) groups excluding carboxylic acids is 1. The number of sulfone groups is 1. The summed E-state index contributed by atoms with van der Waals surface area (Å²) in [5.74, 6) is -0.877. The van der Waals surface area contributed by atoms with Gasteiger partial charge in [-0.2, -0.15) is 0 Å². The molecule has 1 fully saturated rings. The van der Waals surface area contributed by atoms with Gasteiger partial charge < -0.3 is 0 Å². The van der Waals surface area contributed by atoms with Crippen LogP contribution in [0.1, 0.15) is 24.1 Å². The maximum absolute atomic E-state index is 13.6. The van der Waals surface area contributed by atoms with E-state index in [4.69, 9.17) is 0 Å². The van der Waals surface area contributed by atoms with Crippen LogP contribution in [0.25, 0.3) is 5.57 Å². The van der Waals surface area contributed by atoms with Gasteiger partial charge in [-0.1, -0.05) is 18.2 Å². The quantitative estimate of drug-likeness (QED) is 0.734. The number of anilines is 1. The van der Waals surface area contributed by atoms with Crippen LogP contribution in [-0.2, 0) is 14.6 Å². The Labute approximate surface area is 166 Å². The Hall–Kier alpha value is -2.13. The lowest BCUT2D eigenvalue weighted by atomic mass is 9.98. The molecule has 1 saturated carbocycles. The third-order valence-electron chi connectivity index (χ3n) is 4.53. The van der Waals surface area contributed by atoms with Gasteiger partial charge in [0.25, 0.3) is 5.91 Å². The molecule has 0 bridgehead atoms. The van der Waals surface area contributed by atoms with Gasteiger partial charge in [-0.15, -0.1) is 11.3 Å². The Balaban J connectivity index is 1.93. The molecule has 1 aliphatic rings. The Morgan fingerprint density at radius 2 is 1.82 bits per heavy atom. The van der Waals surface area contributed by atoms with Gasteiger partial charge >= 0.3 is 0 Å². The number of rotatable bonds is 5. The first kappa shape index (κ1) is 20.6. The number of alkyl halides is 2. The summed E-state index contributed by atoms with van der Waals surface area (Å²) >= 11 is 1.27. The molecule has 1 heterocycles. The van der Waals surface area contributed by atoms with Gasteiger partial charge in [-0.25, -0.2) is 22.2 Å². The maximum atomic E-state index is 13.6. The van der Waals surface area contributed by atoms with Crippen molar-refractivity contribution < 1.29 is 22.0 Å². The van der Waals surface area contributed by atoms with Crippen molar-refractivity contribution in [2.24, 2.45) is 5.92 Å². The maximum Gasteiger partial charge on any atom is 0.257 e. The molecule has 1 aromatic heterocycles. The van der Waals surface area contributed by atoms with Crippen LogP contribution in [0.5, 0.6) is 0 Å². The fourth-order valence-electron chi connectivity index (χ4n) is 3.10. The number of aromatic nitrogens is 1. The minimum atomic E-state index is -3.38. The molecule has 0 saturated heterocycles. The third-order valence-corrected chi connectivity index (χ3v) is 6.53. The van der Waals surface area contributed by atoms with Crippen molar-refractivity contribution in [3.63, 3.8) is 0 Å². The van der Waals surface area contributed by atoms with E-state index < -0.39 is 34.0 Å². The summed E-state index contributed by atoms with van der Waals surface area (Å²) < 4.78 is 50.5. The van der Waals surface area contributed by atoms with Crippen LogP contribution in [-0.4, -0.2) is 37.9 Å². The van der Waals surface area contributed by atoms with Gasteiger partial charge in [0, 0.05) is 17.2 Å². The van der Waals surface area contributed by atoms with Crippen molar-refractivity contribution in [1.82, 2.24) is 4.98 Å². The highest BCUT2D eigenvalue weighted by atomic mass is 32.2. The van der Waals surface area contributed by atoms with Crippen molar-refractivity contribution in [2.75, 3.05) is 11.6 Å². The highest BCUT2D eigenvalue weighted by molar-refractivity contribution is 7.90. The lowest BCUT2D eigenvalue weighted by Gasteiger charge is -2.11. The zero-order valence-corrected chi connectivity index (χ0v) is 17.0. The molecule has 3 atom stereocenters. The number of amides is 1. The van der Waals surface area contributed by atoms with E-state index in [-0.39, 0.29) is 23.3 Å². The average molecular weight is 427 g/mol. The van der Waals surface area contributed by atoms with Crippen molar-refractivity contribution in [2.45, 2.75) is 37.0 Å². The van der Waals surface area contributed by atoms with Crippen molar-refractivity contribution >= 4 is 37.8 Å². The summed E-state index contributed by atoms with van der Waals surface area (Å²) in [5, 5.41) is 4.90. The number of carbonyl (C=O) groups is 1.